The molecule has 24 heavy (non-hydrogen) atoms. The molecule has 0 radical (unpaired) electrons. The van der Waals surface area contributed by atoms with Gasteiger partial charge in [-0.15, -0.1) is 0 Å². The quantitative estimate of drug-likeness (QED) is 0.742. The molecule has 0 spiro atoms. The van der Waals surface area contributed by atoms with Crippen LogP contribution in [0.2, 0.25) is 10.0 Å². The average Bonchev–Trinajstić information content (AvgIpc) is 2.57. The van der Waals surface area contributed by atoms with E-state index in [0.717, 1.165) is 25.7 Å². The maximum Gasteiger partial charge on any atom is 0.258 e. The van der Waals surface area contributed by atoms with Gasteiger partial charge in [-0.3, -0.25) is 4.79 Å². The molecule has 7 heteroatoms. The molecular weight excluding hydrogens is 351 g/mol. The zero-order valence-corrected chi connectivity index (χ0v) is 15.1. The summed E-state index contributed by atoms with van der Waals surface area (Å²) in [7, 11) is 1.94. The Morgan fingerprint density at radius 1 is 1.29 bits per heavy atom. The summed E-state index contributed by atoms with van der Waals surface area (Å²) in [5.74, 6) is 0.248. The Morgan fingerprint density at radius 2 is 2.00 bits per heavy atom. The lowest BCUT2D eigenvalue weighted by Crippen LogP contribution is -2.69. The van der Waals surface area contributed by atoms with Gasteiger partial charge in [0.15, 0.2) is 6.61 Å². The Balaban J connectivity index is 1.58. The third-order valence-corrected chi connectivity index (χ3v) is 6.24. The molecule has 0 unspecified atom stereocenters. The molecular formula is C17H22Cl2N2O3. The lowest BCUT2D eigenvalue weighted by molar-refractivity contribution is -0.132. The number of carbonyl (C=O) groups excluding carboxylic acids is 1. The van der Waals surface area contributed by atoms with Crippen LogP contribution in [-0.4, -0.2) is 41.9 Å². The number of ether oxygens (including phenoxy) is 1. The predicted molar refractivity (Wildman–Crippen MR) is 93.7 cm³/mol. The molecule has 1 atom stereocenters. The number of rotatable bonds is 5. The number of nitrogens with one attached hydrogen (secondary N) is 2. The molecule has 1 amide bonds. The maximum atomic E-state index is 12.3. The summed E-state index contributed by atoms with van der Waals surface area (Å²) < 4.78 is 5.47. The lowest BCUT2D eigenvalue weighted by atomic mass is 9.60. The summed E-state index contributed by atoms with van der Waals surface area (Å²) in [6.07, 6.45) is 3.57. The van der Waals surface area contributed by atoms with Gasteiger partial charge in [-0.1, -0.05) is 23.2 Å². The van der Waals surface area contributed by atoms with E-state index in [2.05, 4.69) is 10.6 Å². The van der Waals surface area contributed by atoms with E-state index in [4.69, 9.17) is 27.9 Å². The van der Waals surface area contributed by atoms with Crippen LogP contribution < -0.4 is 15.4 Å². The van der Waals surface area contributed by atoms with Crippen molar-refractivity contribution < 1.29 is 14.6 Å². The van der Waals surface area contributed by atoms with E-state index < -0.39 is 11.6 Å². The van der Waals surface area contributed by atoms with Crippen LogP contribution in [0.15, 0.2) is 18.2 Å². The fraction of sp³-hybridized carbons (Fsp3) is 0.588. The number of hydrogen-bond donors (Lipinski definition) is 3. The molecule has 3 fully saturated rings. The summed E-state index contributed by atoms with van der Waals surface area (Å²) in [5.41, 5.74) is -0.515. The minimum Gasteiger partial charge on any atom is -0.484 e. The Kier molecular flexibility index (Phi) is 4.98. The molecule has 2 bridgehead atoms. The molecule has 0 heterocycles. The average molecular weight is 373 g/mol. The number of hydrogen-bond acceptors (Lipinski definition) is 4. The Labute approximate surface area is 151 Å². The summed E-state index contributed by atoms with van der Waals surface area (Å²) in [4.78, 5) is 12.3. The number of aliphatic hydroxyl groups is 1. The van der Waals surface area contributed by atoms with E-state index in [1.807, 2.05) is 7.05 Å². The van der Waals surface area contributed by atoms with Crippen molar-refractivity contribution in [1.82, 2.24) is 10.6 Å². The fourth-order valence-corrected chi connectivity index (χ4v) is 4.16. The molecule has 0 aliphatic heterocycles. The molecule has 3 saturated carbocycles. The van der Waals surface area contributed by atoms with Gasteiger partial charge in [0.25, 0.3) is 5.91 Å². The number of aliphatic hydroxyl groups excluding tert-OH is 1. The van der Waals surface area contributed by atoms with Crippen molar-refractivity contribution >= 4 is 29.1 Å². The molecule has 3 N–H and O–H groups in total. The minimum atomic E-state index is -0.540. The molecule has 0 aromatic heterocycles. The molecule has 132 valence electrons. The van der Waals surface area contributed by atoms with Crippen molar-refractivity contribution in [2.45, 2.75) is 49.3 Å². The second kappa shape index (κ2) is 6.71. The van der Waals surface area contributed by atoms with Gasteiger partial charge in [0.2, 0.25) is 0 Å². The highest BCUT2D eigenvalue weighted by molar-refractivity contribution is 6.42. The maximum absolute atomic E-state index is 12.3. The summed E-state index contributed by atoms with van der Waals surface area (Å²) >= 11 is 11.8. The third-order valence-electron chi connectivity index (χ3n) is 5.50. The summed E-state index contributed by atoms with van der Waals surface area (Å²) in [6.45, 7) is -0.121. The fourth-order valence-electron chi connectivity index (χ4n) is 3.87. The SMILES string of the molecule is CNC12CCC(NC(=O)COc3ccc(Cl)c(Cl)c3)(CC1)[C@@H](O)C2. The standard InChI is InChI=1S/C17H22Cl2N2O3/c1-20-16-4-6-17(7-5-16,14(22)9-16)21-15(23)10-24-11-2-3-12(18)13(19)8-11/h2-3,8,14,20,22H,4-7,9-10H2,1H3,(H,21,23)/t14-,16?,17?/m0/s1. The van der Waals surface area contributed by atoms with E-state index in [1.165, 1.54) is 0 Å². The second-order valence-corrected chi connectivity index (χ2v) is 7.63. The molecule has 4 rings (SSSR count). The Bertz CT molecular complexity index is 630. The molecule has 3 aliphatic rings. The van der Waals surface area contributed by atoms with E-state index in [9.17, 15) is 9.90 Å². The first-order valence-electron chi connectivity index (χ1n) is 8.14. The first-order valence-corrected chi connectivity index (χ1v) is 8.90. The minimum absolute atomic E-state index is 0.0163. The van der Waals surface area contributed by atoms with Gasteiger partial charge in [0.1, 0.15) is 5.75 Å². The van der Waals surface area contributed by atoms with Crippen LogP contribution in [0, 0.1) is 0 Å². The number of carbonyl (C=O) groups is 1. The van der Waals surface area contributed by atoms with Crippen LogP contribution >= 0.6 is 23.2 Å². The van der Waals surface area contributed by atoms with Gasteiger partial charge in [-0.2, -0.15) is 0 Å². The van der Waals surface area contributed by atoms with Crippen LogP contribution in [0.1, 0.15) is 32.1 Å². The van der Waals surface area contributed by atoms with Crippen molar-refractivity contribution in [1.29, 1.82) is 0 Å². The molecule has 1 aromatic carbocycles. The number of amides is 1. The largest absolute Gasteiger partial charge is 0.484 e. The highest BCUT2D eigenvalue weighted by Gasteiger charge is 2.54. The lowest BCUT2D eigenvalue weighted by Gasteiger charge is -2.56. The summed E-state index contributed by atoms with van der Waals surface area (Å²) in [5, 5.41) is 17.7. The highest BCUT2D eigenvalue weighted by atomic mass is 35.5. The van der Waals surface area contributed by atoms with Crippen LogP contribution in [0.4, 0.5) is 0 Å². The molecule has 5 nitrogen and oxygen atoms in total. The molecule has 1 aromatic rings. The van der Waals surface area contributed by atoms with Crippen LogP contribution in [0.3, 0.4) is 0 Å². The number of benzene rings is 1. The van der Waals surface area contributed by atoms with Gasteiger partial charge in [0, 0.05) is 11.6 Å². The monoisotopic (exact) mass is 372 g/mol. The van der Waals surface area contributed by atoms with Crippen molar-refractivity contribution in [2.75, 3.05) is 13.7 Å². The topological polar surface area (TPSA) is 70.6 Å². The van der Waals surface area contributed by atoms with Crippen molar-refractivity contribution in [3.05, 3.63) is 28.2 Å². The van der Waals surface area contributed by atoms with Crippen molar-refractivity contribution in [2.24, 2.45) is 0 Å². The first kappa shape index (κ1) is 17.8. The van der Waals surface area contributed by atoms with Gasteiger partial charge in [0.05, 0.1) is 21.7 Å². The van der Waals surface area contributed by atoms with Crippen LogP contribution in [0.25, 0.3) is 0 Å². The normalized spacial score (nSPS) is 31.8. The van der Waals surface area contributed by atoms with E-state index in [1.54, 1.807) is 18.2 Å². The zero-order valence-electron chi connectivity index (χ0n) is 13.6. The Morgan fingerprint density at radius 3 is 2.58 bits per heavy atom. The van der Waals surface area contributed by atoms with Gasteiger partial charge < -0.3 is 20.5 Å². The molecule has 3 aliphatic carbocycles. The smallest absolute Gasteiger partial charge is 0.258 e. The van der Waals surface area contributed by atoms with Gasteiger partial charge in [-0.25, -0.2) is 0 Å². The Hall–Kier alpha value is -1.01. The summed E-state index contributed by atoms with van der Waals surface area (Å²) in [6, 6.07) is 4.86. The first-order chi connectivity index (χ1) is 11.4. The van der Waals surface area contributed by atoms with Crippen LogP contribution in [-0.2, 0) is 4.79 Å². The van der Waals surface area contributed by atoms with E-state index in [0.29, 0.717) is 22.2 Å². The van der Waals surface area contributed by atoms with E-state index >= 15 is 0 Å². The van der Waals surface area contributed by atoms with Crippen molar-refractivity contribution in [3.8, 4) is 5.75 Å². The van der Waals surface area contributed by atoms with Crippen molar-refractivity contribution in [3.63, 3.8) is 0 Å². The van der Waals surface area contributed by atoms with Crippen LogP contribution in [0.5, 0.6) is 5.75 Å². The highest BCUT2D eigenvalue weighted by Crippen LogP contribution is 2.46. The predicted octanol–water partition coefficient (Wildman–Crippen LogP) is 2.52. The zero-order chi connectivity index (χ0) is 17.4. The van der Waals surface area contributed by atoms with Gasteiger partial charge in [-0.05, 0) is 51.3 Å². The number of fused-ring (bicyclic) bond motifs is 3. The third kappa shape index (κ3) is 3.36. The van der Waals surface area contributed by atoms with Gasteiger partial charge >= 0.3 is 0 Å². The van der Waals surface area contributed by atoms with E-state index in [-0.39, 0.29) is 18.1 Å². The number of halogens is 2. The molecule has 0 saturated heterocycles. The second-order valence-electron chi connectivity index (χ2n) is 6.82.